The molecule has 0 aromatic carbocycles. The molecule has 1 aromatic rings. The number of methoxy groups -OCH3 is 1. The third kappa shape index (κ3) is 3.08. The molecule has 1 heterocycles. The van der Waals surface area contributed by atoms with Crippen molar-refractivity contribution in [2.24, 2.45) is 0 Å². The maximum absolute atomic E-state index is 5.40. The molecule has 0 bridgehead atoms. The van der Waals surface area contributed by atoms with E-state index in [4.69, 9.17) is 9.15 Å². The van der Waals surface area contributed by atoms with Crippen LogP contribution in [0.4, 0.5) is 0 Å². The lowest BCUT2D eigenvalue weighted by Crippen LogP contribution is -2.16. The van der Waals surface area contributed by atoms with Crippen LogP contribution in [0.1, 0.15) is 31.7 Å². The normalized spacial score (nSPS) is 13.1. The Kier molecular flexibility index (Phi) is 4.55. The zero-order valence-electron chi connectivity index (χ0n) is 8.91. The van der Waals surface area contributed by atoms with Gasteiger partial charge in [-0.25, -0.2) is 0 Å². The topological polar surface area (TPSA) is 60.2 Å². The second-order valence-corrected chi connectivity index (χ2v) is 3.02. The van der Waals surface area contributed by atoms with Crippen LogP contribution in [0.3, 0.4) is 0 Å². The molecule has 0 fully saturated rings. The Morgan fingerprint density at radius 2 is 2.29 bits per heavy atom. The summed E-state index contributed by atoms with van der Waals surface area (Å²) in [6, 6.07) is 0. The van der Waals surface area contributed by atoms with Crippen LogP contribution in [-0.4, -0.2) is 30.4 Å². The number of nitrogens with zero attached hydrogens (tertiary/aromatic N) is 2. The van der Waals surface area contributed by atoms with Gasteiger partial charge in [-0.2, -0.15) is 0 Å². The molecule has 1 rings (SSSR count). The highest BCUT2D eigenvalue weighted by atomic mass is 16.5. The minimum atomic E-state index is -0.129. The molecule has 1 atom stereocenters. The Morgan fingerprint density at radius 1 is 1.50 bits per heavy atom. The predicted molar refractivity (Wildman–Crippen MR) is 52.0 cm³/mol. The number of hydrogen-bond acceptors (Lipinski definition) is 5. The summed E-state index contributed by atoms with van der Waals surface area (Å²) in [7, 11) is 1.62. The van der Waals surface area contributed by atoms with Crippen LogP contribution < -0.4 is 5.32 Å². The minimum Gasteiger partial charge on any atom is -0.422 e. The molecule has 0 amide bonds. The molecular weight excluding hydrogens is 182 g/mol. The Bertz CT molecular complexity index is 262. The van der Waals surface area contributed by atoms with Crippen LogP contribution in [-0.2, 0) is 11.2 Å². The van der Waals surface area contributed by atoms with E-state index < -0.39 is 0 Å². The highest BCUT2D eigenvalue weighted by Crippen LogP contribution is 2.13. The number of ether oxygens (including phenoxy) is 1. The third-order valence-electron chi connectivity index (χ3n) is 1.95. The van der Waals surface area contributed by atoms with E-state index in [1.807, 2.05) is 6.92 Å². The lowest BCUT2D eigenvalue weighted by molar-refractivity contribution is 0.0936. The molecule has 80 valence electrons. The number of likely N-dealkylation sites (N-methyl/N-ethyl adjacent to an activating group) is 1. The first-order valence-corrected chi connectivity index (χ1v) is 4.83. The van der Waals surface area contributed by atoms with Gasteiger partial charge < -0.3 is 14.5 Å². The molecule has 5 heteroatoms. The SMILES string of the molecule is CCNCCc1nnc(C(C)OC)o1. The van der Waals surface area contributed by atoms with Gasteiger partial charge in [0.1, 0.15) is 6.10 Å². The van der Waals surface area contributed by atoms with E-state index in [9.17, 15) is 0 Å². The van der Waals surface area contributed by atoms with Gasteiger partial charge in [0.15, 0.2) is 0 Å². The van der Waals surface area contributed by atoms with Gasteiger partial charge in [-0.3, -0.25) is 0 Å². The second kappa shape index (κ2) is 5.72. The van der Waals surface area contributed by atoms with Gasteiger partial charge in [0.05, 0.1) is 0 Å². The highest BCUT2D eigenvalue weighted by Gasteiger charge is 2.12. The molecule has 14 heavy (non-hydrogen) atoms. The van der Waals surface area contributed by atoms with Crippen molar-refractivity contribution >= 4 is 0 Å². The number of aromatic nitrogens is 2. The summed E-state index contributed by atoms with van der Waals surface area (Å²) in [6.07, 6.45) is 0.632. The van der Waals surface area contributed by atoms with Crippen molar-refractivity contribution in [2.45, 2.75) is 26.4 Å². The van der Waals surface area contributed by atoms with Crippen LogP contribution in [0, 0.1) is 0 Å². The van der Waals surface area contributed by atoms with Gasteiger partial charge in [0.25, 0.3) is 0 Å². The van der Waals surface area contributed by atoms with Gasteiger partial charge in [-0.15, -0.1) is 10.2 Å². The summed E-state index contributed by atoms with van der Waals surface area (Å²) in [6.45, 7) is 5.75. The van der Waals surface area contributed by atoms with Crippen LogP contribution in [0.15, 0.2) is 4.42 Å². The average molecular weight is 199 g/mol. The first-order valence-electron chi connectivity index (χ1n) is 4.83. The van der Waals surface area contributed by atoms with Crippen molar-refractivity contribution < 1.29 is 9.15 Å². The largest absolute Gasteiger partial charge is 0.422 e. The first kappa shape index (κ1) is 11.1. The fourth-order valence-corrected chi connectivity index (χ4v) is 1.00. The number of nitrogens with one attached hydrogen (secondary N) is 1. The van der Waals surface area contributed by atoms with Gasteiger partial charge in [-0.05, 0) is 13.5 Å². The van der Waals surface area contributed by atoms with E-state index in [2.05, 4.69) is 22.4 Å². The van der Waals surface area contributed by atoms with Crippen molar-refractivity contribution in [3.05, 3.63) is 11.8 Å². The van der Waals surface area contributed by atoms with E-state index in [1.54, 1.807) is 7.11 Å². The van der Waals surface area contributed by atoms with Crippen LogP contribution in [0.2, 0.25) is 0 Å². The average Bonchev–Trinajstić information content (AvgIpc) is 2.66. The van der Waals surface area contributed by atoms with Crippen LogP contribution in [0.25, 0.3) is 0 Å². The van der Waals surface area contributed by atoms with Crippen molar-refractivity contribution in [3.8, 4) is 0 Å². The summed E-state index contributed by atoms with van der Waals surface area (Å²) in [5.41, 5.74) is 0. The predicted octanol–water partition coefficient (Wildman–Crippen LogP) is 0.929. The maximum Gasteiger partial charge on any atom is 0.244 e. The summed E-state index contributed by atoms with van der Waals surface area (Å²) in [5.74, 6) is 1.20. The second-order valence-electron chi connectivity index (χ2n) is 3.02. The minimum absolute atomic E-state index is 0.129. The van der Waals surface area contributed by atoms with E-state index in [0.29, 0.717) is 11.8 Å². The van der Waals surface area contributed by atoms with Gasteiger partial charge in [-0.1, -0.05) is 6.92 Å². The molecule has 0 saturated carbocycles. The molecule has 0 aliphatic carbocycles. The molecule has 0 spiro atoms. The summed E-state index contributed by atoms with van der Waals surface area (Å²) in [5, 5.41) is 11.0. The first-order chi connectivity index (χ1) is 6.77. The fourth-order valence-electron chi connectivity index (χ4n) is 1.00. The molecular formula is C9H17N3O2. The van der Waals surface area contributed by atoms with Gasteiger partial charge >= 0.3 is 0 Å². The Labute approximate surface area is 83.9 Å². The lowest BCUT2D eigenvalue weighted by atomic mass is 10.4. The molecule has 1 N–H and O–H groups in total. The summed E-state index contributed by atoms with van der Waals surface area (Å²) in [4.78, 5) is 0. The van der Waals surface area contributed by atoms with Gasteiger partial charge in [0, 0.05) is 20.1 Å². The lowest BCUT2D eigenvalue weighted by Gasteiger charge is -2.01. The zero-order chi connectivity index (χ0) is 10.4. The Morgan fingerprint density at radius 3 is 2.93 bits per heavy atom. The van der Waals surface area contributed by atoms with E-state index in [0.717, 1.165) is 19.5 Å². The van der Waals surface area contributed by atoms with Gasteiger partial charge in [0.2, 0.25) is 11.8 Å². The molecule has 0 aliphatic rings. The van der Waals surface area contributed by atoms with Crippen molar-refractivity contribution in [1.82, 2.24) is 15.5 Å². The Balaban J connectivity index is 2.42. The van der Waals surface area contributed by atoms with Crippen LogP contribution >= 0.6 is 0 Å². The van der Waals surface area contributed by atoms with E-state index in [1.165, 1.54) is 0 Å². The van der Waals surface area contributed by atoms with Crippen molar-refractivity contribution in [3.63, 3.8) is 0 Å². The smallest absolute Gasteiger partial charge is 0.244 e. The molecule has 5 nitrogen and oxygen atoms in total. The summed E-state index contributed by atoms with van der Waals surface area (Å²) >= 11 is 0. The molecule has 0 saturated heterocycles. The van der Waals surface area contributed by atoms with Crippen molar-refractivity contribution in [1.29, 1.82) is 0 Å². The number of hydrogen-bond donors (Lipinski definition) is 1. The Hall–Kier alpha value is -0.940. The van der Waals surface area contributed by atoms with E-state index >= 15 is 0 Å². The standard InChI is InChI=1S/C9H17N3O2/c1-4-10-6-5-8-11-12-9(14-8)7(2)13-3/h7,10H,4-6H2,1-3H3. The summed E-state index contributed by atoms with van der Waals surface area (Å²) < 4.78 is 10.5. The zero-order valence-corrected chi connectivity index (χ0v) is 8.91. The van der Waals surface area contributed by atoms with E-state index in [-0.39, 0.29) is 6.10 Å². The molecule has 0 aliphatic heterocycles. The maximum atomic E-state index is 5.40. The monoisotopic (exact) mass is 199 g/mol. The molecule has 1 unspecified atom stereocenters. The molecule has 1 aromatic heterocycles. The van der Waals surface area contributed by atoms with Crippen molar-refractivity contribution in [2.75, 3.05) is 20.2 Å². The molecule has 0 radical (unpaired) electrons. The third-order valence-corrected chi connectivity index (χ3v) is 1.95. The fraction of sp³-hybridized carbons (Fsp3) is 0.778. The quantitative estimate of drug-likeness (QED) is 0.690. The number of rotatable bonds is 6. The van der Waals surface area contributed by atoms with Crippen LogP contribution in [0.5, 0.6) is 0 Å². The highest BCUT2D eigenvalue weighted by molar-refractivity contribution is 4.85.